The van der Waals surface area contributed by atoms with Gasteiger partial charge < -0.3 is 9.84 Å². The third kappa shape index (κ3) is 2.41. The Hall–Kier alpha value is -0.590. The monoisotopic (exact) mass is 251 g/mol. The average Bonchev–Trinajstić information content (AvgIpc) is 2.53. The molecule has 18 heavy (non-hydrogen) atoms. The first-order chi connectivity index (χ1) is 8.43. The van der Waals surface area contributed by atoms with E-state index in [0.717, 1.165) is 25.7 Å². The molecule has 102 valence electrons. The second-order valence-electron chi connectivity index (χ2n) is 6.67. The Morgan fingerprint density at radius 3 is 2.17 bits per heavy atom. The van der Waals surface area contributed by atoms with E-state index in [1.54, 1.807) is 0 Å². The van der Waals surface area contributed by atoms with Gasteiger partial charge >= 0.3 is 0 Å². The minimum absolute atomic E-state index is 0.316. The summed E-state index contributed by atoms with van der Waals surface area (Å²) in [5.74, 6) is 0. The molecular formula is C15H25NO2. The first-order valence-electron chi connectivity index (χ1n) is 7.21. The van der Waals surface area contributed by atoms with E-state index in [2.05, 4.69) is 6.07 Å². The molecule has 1 aliphatic carbocycles. The maximum absolute atomic E-state index is 11.1. The normalized spacial score (nSPS) is 35.4. The molecule has 1 saturated carbocycles. The number of nitrogens with zero attached hydrogens (tertiary/aromatic N) is 1. The molecule has 0 amide bonds. The Balaban J connectivity index is 2.27. The molecule has 0 aromatic heterocycles. The van der Waals surface area contributed by atoms with E-state index < -0.39 is 11.0 Å². The third-order valence-electron chi connectivity index (χ3n) is 4.79. The van der Waals surface area contributed by atoms with Crippen LogP contribution in [0.5, 0.6) is 0 Å². The molecule has 0 radical (unpaired) electrons. The van der Waals surface area contributed by atoms with Crippen molar-refractivity contribution in [1.29, 1.82) is 5.26 Å². The van der Waals surface area contributed by atoms with E-state index in [-0.39, 0.29) is 5.60 Å². The maximum Gasteiger partial charge on any atom is 0.0882 e. The molecule has 3 nitrogen and oxygen atoms in total. The fourth-order valence-corrected chi connectivity index (χ4v) is 3.76. The van der Waals surface area contributed by atoms with Gasteiger partial charge in [0.05, 0.1) is 29.3 Å². The van der Waals surface area contributed by atoms with Crippen molar-refractivity contribution in [2.75, 3.05) is 6.61 Å². The minimum atomic E-state index is -0.867. The molecule has 0 bridgehead atoms. The van der Waals surface area contributed by atoms with Crippen molar-refractivity contribution >= 4 is 0 Å². The van der Waals surface area contributed by atoms with E-state index in [1.807, 2.05) is 13.8 Å². The summed E-state index contributed by atoms with van der Waals surface area (Å²) in [7, 11) is 0. The fraction of sp³-hybridized carbons (Fsp3) is 0.933. The topological polar surface area (TPSA) is 53.2 Å². The van der Waals surface area contributed by atoms with Crippen LogP contribution < -0.4 is 0 Å². The van der Waals surface area contributed by atoms with Crippen molar-refractivity contribution in [3.8, 4) is 6.07 Å². The predicted molar refractivity (Wildman–Crippen MR) is 70.0 cm³/mol. The lowest BCUT2D eigenvalue weighted by Crippen LogP contribution is -2.55. The highest BCUT2D eigenvalue weighted by Crippen LogP contribution is 2.50. The highest BCUT2D eigenvalue weighted by atomic mass is 16.5. The molecule has 1 heterocycles. The van der Waals surface area contributed by atoms with E-state index in [9.17, 15) is 10.4 Å². The van der Waals surface area contributed by atoms with Crippen molar-refractivity contribution < 1.29 is 9.84 Å². The molecule has 3 heteroatoms. The van der Waals surface area contributed by atoms with Crippen LogP contribution in [-0.2, 0) is 4.74 Å². The maximum atomic E-state index is 11.1. The van der Waals surface area contributed by atoms with Crippen molar-refractivity contribution in [2.45, 2.75) is 76.4 Å². The van der Waals surface area contributed by atoms with Gasteiger partial charge in [0.2, 0.25) is 0 Å². The molecule has 2 aliphatic rings. The van der Waals surface area contributed by atoms with Gasteiger partial charge in [-0.3, -0.25) is 0 Å². The number of rotatable bonds is 1. The minimum Gasteiger partial charge on any atom is -0.388 e. The largest absolute Gasteiger partial charge is 0.388 e. The number of hydrogen-bond donors (Lipinski definition) is 1. The first-order valence-corrected chi connectivity index (χ1v) is 7.21. The van der Waals surface area contributed by atoms with Gasteiger partial charge in [-0.15, -0.1) is 0 Å². The molecule has 0 spiro atoms. The van der Waals surface area contributed by atoms with Gasteiger partial charge in [0, 0.05) is 12.8 Å². The van der Waals surface area contributed by atoms with Gasteiger partial charge in [0.25, 0.3) is 0 Å². The summed E-state index contributed by atoms with van der Waals surface area (Å²) in [6.45, 7) is 4.59. The van der Waals surface area contributed by atoms with E-state index in [0.29, 0.717) is 19.4 Å². The summed E-state index contributed by atoms with van der Waals surface area (Å²) in [4.78, 5) is 0. The lowest BCUT2D eigenvalue weighted by molar-refractivity contribution is -0.184. The van der Waals surface area contributed by atoms with Crippen LogP contribution in [0.3, 0.4) is 0 Å². The summed E-state index contributed by atoms with van der Waals surface area (Å²) < 4.78 is 5.70. The van der Waals surface area contributed by atoms with Crippen molar-refractivity contribution in [2.24, 2.45) is 5.41 Å². The van der Waals surface area contributed by atoms with Gasteiger partial charge in [-0.2, -0.15) is 5.26 Å². The van der Waals surface area contributed by atoms with E-state index in [4.69, 9.17) is 4.74 Å². The number of aliphatic hydroxyl groups is 1. The van der Waals surface area contributed by atoms with Crippen LogP contribution in [-0.4, -0.2) is 22.9 Å². The molecule has 2 rings (SSSR count). The van der Waals surface area contributed by atoms with E-state index in [1.165, 1.54) is 12.8 Å². The Morgan fingerprint density at radius 2 is 1.67 bits per heavy atom. The summed E-state index contributed by atoms with van der Waals surface area (Å²) in [5.41, 5.74) is -1.73. The van der Waals surface area contributed by atoms with Gasteiger partial charge in [0.15, 0.2) is 0 Å². The van der Waals surface area contributed by atoms with Crippen LogP contribution >= 0.6 is 0 Å². The quantitative estimate of drug-likeness (QED) is 0.728. The highest BCUT2D eigenvalue weighted by Gasteiger charge is 2.54. The van der Waals surface area contributed by atoms with Crippen LogP contribution in [0.15, 0.2) is 0 Å². The standard InChI is InChI=1S/C15H25NO2/c1-13(2)11-15(17,9-10-18-13)14(12-16)7-5-3-4-6-8-14/h17H,3-11H2,1-2H3. The van der Waals surface area contributed by atoms with Crippen LogP contribution in [0.25, 0.3) is 0 Å². The number of hydrogen-bond acceptors (Lipinski definition) is 3. The number of ether oxygens (including phenoxy) is 1. The lowest BCUT2D eigenvalue weighted by atomic mass is 9.62. The Kier molecular flexibility index (Phi) is 3.71. The van der Waals surface area contributed by atoms with Gasteiger partial charge in [-0.25, -0.2) is 0 Å². The zero-order chi connectivity index (χ0) is 13.3. The summed E-state index contributed by atoms with van der Waals surface area (Å²) in [5, 5.41) is 20.8. The fourth-order valence-electron chi connectivity index (χ4n) is 3.76. The van der Waals surface area contributed by atoms with Crippen molar-refractivity contribution in [1.82, 2.24) is 0 Å². The van der Waals surface area contributed by atoms with Crippen molar-refractivity contribution in [3.05, 3.63) is 0 Å². The van der Waals surface area contributed by atoms with Crippen LogP contribution in [0, 0.1) is 16.7 Å². The zero-order valence-electron chi connectivity index (χ0n) is 11.7. The molecule has 0 aromatic carbocycles. The average molecular weight is 251 g/mol. The third-order valence-corrected chi connectivity index (χ3v) is 4.79. The SMILES string of the molecule is CC1(C)CC(O)(C2(C#N)CCCCCC2)CCO1. The second-order valence-corrected chi connectivity index (χ2v) is 6.67. The Bertz CT molecular complexity index is 337. The molecule has 1 saturated heterocycles. The molecule has 0 aromatic rings. The smallest absolute Gasteiger partial charge is 0.0882 e. The lowest BCUT2D eigenvalue weighted by Gasteiger charge is -2.49. The first kappa shape index (κ1) is 13.8. The van der Waals surface area contributed by atoms with Crippen LogP contribution in [0.4, 0.5) is 0 Å². The van der Waals surface area contributed by atoms with E-state index >= 15 is 0 Å². The highest BCUT2D eigenvalue weighted by molar-refractivity contribution is 5.14. The molecule has 1 atom stereocenters. The summed E-state index contributed by atoms with van der Waals surface area (Å²) in [6, 6.07) is 2.50. The van der Waals surface area contributed by atoms with Crippen LogP contribution in [0.2, 0.25) is 0 Å². The van der Waals surface area contributed by atoms with Crippen LogP contribution in [0.1, 0.15) is 65.2 Å². The second kappa shape index (κ2) is 4.83. The predicted octanol–water partition coefficient (Wildman–Crippen LogP) is 3.17. The summed E-state index contributed by atoms with van der Waals surface area (Å²) in [6.07, 6.45) is 7.39. The van der Waals surface area contributed by atoms with Gasteiger partial charge in [-0.1, -0.05) is 25.7 Å². The molecule has 2 fully saturated rings. The molecule has 1 unspecified atom stereocenters. The molecular weight excluding hydrogens is 226 g/mol. The molecule has 1 N–H and O–H groups in total. The van der Waals surface area contributed by atoms with Crippen molar-refractivity contribution in [3.63, 3.8) is 0 Å². The van der Waals surface area contributed by atoms with Gasteiger partial charge in [-0.05, 0) is 26.7 Å². The summed E-state index contributed by atoms with van der Waals surface area (Å²) >= 11 is 0. The molecule has 1 aliphatic heterocycles. The van der Waals surface area contributed by atoms with Gasteiger partial charge in [0.1, 0.15) is 0 Å². The Labute approximate surface area is 110 Å². The zero-order valence-corrected chi connectivity index (χ0v) is 11.7. The Morgan fingerprint density at radius 1 is 1.06 bits per heavy atom. The number of nitriles is 1.